The molecular formula is C4H12P2. The van der Waals surface area contributed by atoms with Crippen molar-refractivity contribution >= 4 is 17.8 Å². The van der Waals surface area contributed by atoms with Crippen molar-refractivity contribution in [3.63, 3.8) is 0 Å². The molecular weight excluding hydrogens is 110 g/mol. The molecule has 0 bridgehead atoms. The average molecular weight is 122 g/mol. The minimum atomic E-state index is 0.880. The third-order valence-electron chi connectivity index (χ3n) is 0.811. The Kier molecular flexibility index (Phi) is 4.61. The summed E-state index contributed by atoms with van der Waals surface area (Å²) in [6.45, 7) is 4.45. The molecule has 0 fully saturated rings. The molecule has 0 radical (unpaired) electrons. The second kappa shape index (κ2) is 4.03. The first-order valence-corrected chi connectivity index (χ1v) is 4.48. The summed E-state index contributed by atoms with van der Waals surface area (Å²) < 4.78 is 0. The maximum atomic E-state index is 2.82. The molecule has 0 nitrogen and oxygen atoms in total. The molecule has 0 aromatic heterocycles. The van der Waals surface area contributed by atoms with Crippen LogP contribution in [0.4, 0.5) is 0 Å². The predicted molar refractivity (Wildman–Crippen MR) is 38.0 cm³/mol. The van der Waals surface area contributed by atoms with Crippen LogP contribution in [0.1, 0.15) is 13.3 Å². The van der Waals surface area contributed by atoms with Crippen LogP contribution in [0.25, 0.3) is 0 Å². The Balaban J connectivity index is 2.75. The third-order valence-corrected chi connectivity index (χ3v) is 3.43. The molecule has 6 heavy (non-hydrogen) atoms. The summed E-state index contributed by atoms with van der Waals surface area (Å²) >= 11 is 0. The van der Waals surface area contributed by atoms with E-state index in [0.717, 1.165) is 14.0 Å². The molecule has 2 heteroatoms. The van der Waals surface area contributed by atoms with Crippen LogP contribution in [0.5, 0.6) is 0 Å². The molecule has 0 aromatic carbocycles. The van der Waals surface area contributed by atoms with Gasteiger partial charge in [-0.25, -0.2) is 0 Å². The van der Waals surface area contributed by atoms with Crippen LogP contribution < -0.4 is 0 Å². The predicted octanol–water partition coefficient (Wildman–Crippen LogP) is 1.91. The van der Waals surface area contributed by atoms with Gasteiger partial charge in [0.1, 0.15) is 0 Å². The van der Waals surface area contributed by atoms with Gasteiger partial charge in [-0.2, -0.15) is 0 Å². The Morgan fingerprint density at radius 3 is 2.33 bits per heavy atom. The fourth-order valence-corrected chi connectivity index (χ4v) is 0.612. The average Bonchev–Trinajstić information content (AvgIpc) is 1.65. The van der Waals surface area contributed by atoms with Crippen LogP contribution in [0.2, 0.25) is 0 Å². The van der Waals surface area contributed by atoms with Crippen LogP contribution in [-0.2, 0) is 0 Å². The standard InChI is InChI=1S/C4H12P2/c1-3-4(5)6-2/h4,6H,3,5H2,1-2H3. The van der Waals surface area contributed by atoms with Crippen molar-refractivity contribution in [1.82, 2.24) is 0 Å². The molecule has 0 rings (SSSR count). The molecule has 0 heterocycles. The SMILES string of the molecule is CCC(P)PC. The summed E-state index contributed by atoms with van der Waals surface area (Å²) in [5, 5.41) is 0.880. The zero-order chi connectivity index (χ0) is 4.99. The molecule has 0 aliphatic rings. The van der Waals surface area contributed by atoms with Gasteiger partial charge in [0.15, 0.2) is 0 Å². The largest absolute Gasteiger partial charge is 0.130 e. The highest BCUT2D eigenvalue weighted by Gasteiger charge is 1.88. The monoisotopic (exact) mass is 122 g/mol. The van der Waals surface area contributed by atoms with E-state index in [9.17, 15) is 0 Å². The Morgan fingerprint density at radius 1 is 1.83 bits per heavy atom. The van der Waals surface area contributed by atoms with Crippen molar-refractivity contribution in [2.75, 3.05) is 6.66 Å². The normalized spacial score (nSPS) is 16.5. The van der Waals surface area contributed by atoms with E-state index in [-0.39, 0.29) is 0 Å². The van der Waals surface area contributed by atoms with Gasteiger partial charge in [0.05, 0.1) is 0 Å². The lowest BCUT2D eigenvalue weighted by Crippen LogP contribution is -1.79. The highest BCUT2D eigenvalue weighted by molar-refractivity contribution is 7.49. The van der Waals surface area contributed by atoms with Crippen LogP contribution >= 0.6 is 17.8 Å². The van der Waals surface area contributed by atoms with Crippen molar-refractivity contribution in [2.24, 2.45) is 0 Å². The summed E-state index contributed by atoms with van der Waals surface area (Å²) in [4.78, 5) is 0. The molecule has 0 aliphatic carbocycles. The minimum absolute atomic E-state index is 0.880. The first-order valence-electron chi connectivity index (χ1n) is 2.24. The topological polar surface area (TPSA) is 0 Å². The van der Waals surface area contributed by atoms with E-state index < -0.39 is 0 Å². The summed E-state index contributed by atoms with van der Waals surface area (Å²) in [5.41, 5.74) is 0. The maximum Gasteiger partial charge on any atom is -0.00948 e. The Hall–Kier alpha value is 0.860. The van der Waals surface area contributed by atoms with Gasteiger partial charge in [0.25, 0.3) is 0 Å². The van der Waals surface area contributed by atoms with E-state index in [1.54, 1.807) is 0 Å². The van der Waals surface area contributed by atoms with Gasteiger partial charge < -0.3 is 0 Å². The van der Waals surface area contributed by atoms with E-state index >= 15 is 0 Å². The lowest BCUT2D eigenvalue weighted by molar-refractivity contribution is 1.05. The van der Waals surface area contributed by atoms with Crippen molar-refractivity contribution < 1.29 is 0 Å². The Morgan fingerprint density at radius 2 is 2.33 bits per heavy atom. The quantitative estimate of drug-likeness (QED) is 0.491. The van der Waals surface area contributed by atoms with Gasteiger partial charge in [0.2, 0.25) is 0 Å². The minimum Gasteiger partial charge on any atom is -0.130 e. The zero-order valence-electron chi connectivity index (χ0n) is 4.36. The van der Waals surface area contributed by atoms with E-state index in [0.29, 0.717) is 0 Å². The first kappa shape index (κ1) is 6.86. The molecule has 38 valence electrons. The van der Waals surface area contributed by atoms with Crippen LogP contribution in [0.3, 0.4) is 0 Å². The zero-order valence-corrected chi connectivity index (χ0v) is 6.52. The van der Waals surface area contributed by atoms with E-state index in [4.69, 9.17) is 0 Å². The molecule has 0 aliphatic heterocycles. The van der Waals surface area contributed by atoms with Gasteiger partial charge in [0, 0.05) is 0 Å². The number of hydrogen-bond donors (Lipinski definition) is 0. The van der Waals surface area contributed by atoms with E-state index in [1.165, 1.54) is 6.42 Å². The van der Waals surface area contributed by atoms with Gasteiger partial charge in [-0.3, -0.25) is 0 Å². The summed E-state index contributed by atoms with van der Waals surface area (Å²) in [6, 6.07) is 0. The lowest BCUT2D eigenvalue weighted by atomic mass is 10.6. The molecule has 3 atom stereocenters. The van der Waals surface area contributed by atoms with Crippen molar-refractivity contribution in [2.45, 2.75) is 18.7 Å². The maximum absolute atomic E-state index is 2.82. The van der Waals surface area contributed by atoms with Gasteiger partial charge in [-0.15, -0.1) is 17.8 Å². The summed E-state index contributed by atoms with van der Waals surface area (Å²) in [7, 11) is 3.92. The number of rotatable bonds is 2. The molecule has 3 unspecified atom stereocenters. The fraction of sp³-hybridized carbons (Fsp3) is 1.00. The van der Waals surface area contributed by atoms with Gasteiger partial charge in [-0.05, 0) is 18.5 Å². The van der Waals surface area contributed by atoms with Gasteiger partial charge >= 0.3 is 0 Å². The molecule has 0 saturated carbocycles. The van der Waals surface area contributed by atoms with Crippen molar-refractivity contribution in [3.05, 3.63) is 0 Å². The van der Waals surface area contributed by atoms with E-state index in [2.05, 4.69) is 22.8 Å². The highest BCUT2D eigenvalue weighted by atomic mass is 31.1. The third kappa shape index (κ3) is 3.07. The smallest absolute Gasteiger partial charge is 0.00948 e. The second-order valence-corrected chi connectivity index (χ2v) is 4.09. The highest BCUT2D eigenvalue weighted by Crippen LogP contribution is 2.22. The molecule has 0 spiro atoms. The van der Waals surface area contributed by atoms with Crippen LogP contribution in [0, 0.1) is 0 Å². The first-order chi connectivity index (χ1) is 2.81. The molecule has 0 amide bonds. The van der Waals surface area contributed by atoms with Gasteiger partial charge in [-0.1, -0.05) is 6.92 Å². The Bertz CT molecular complexity index is 24.7. The van der Waals surface area contributed by atoms with Crippen LogP contribution in [0.15, 0.2) is 0 Å². The molecule has 0 aromatic rings. The second-order valence-electron chi connectivity index (χ2n) is 1.30. The summed E-state index contributed by atoms with van der Waals surface area (Å²) in [5.74, 6) is 0. The Labute approximate surface area is 44.1 Å². The summed E-state index contributed by atoms with van der Waals surface area (Å²) in [6.07, 6.45) is 1.31. The molecule has 0 N–H and O–H groups in total. The number of hydrogen-bond acceptors (Lipinski definition) is 0. The molecule has 0 saturated heterocycles. The van der Waals surface area contributed by atoms with Crippen molar-refractivity contribution in [3.8, 4) is 0 Å². The lowest BCUT2D eigenvalue weighted by Gasteiger charge is -1.99. The fourth-order valence-electron chi connectivity index (χ4n) is 0.204. The van der Waals surface area contributed by atoms with E-state index in [1.807, 2.05) is 0 Å². The van der Waals surface area contributed by atoms with Crippen molar-refractivity contribution in [1.29, 1.82) is 0 Å². The van der Waals surface area contributed by atoms with Crippen LogP contribution in [-0.4, -0.2) is 12.1 Å².